The van der Waals surface area contributed by atoms with Crippen LogP contribution in [0.3, 0.4) is 0 Å². The maximum Gasteiger partial charge on any atom is 0.240 e. The van der Waals surface area contributed by atoms with E-state index in [2.05, 4.69) is 12.1 Å². The highest BCUT2D eigenvalue weighted by Crippen LogP contribution is 2.51. The van der Waals surface area contributed by atoms with E-state index < -0.39 is 23.3 Å². The first kappa shape index (κ1) is 22.4. The highest BCUT2D eigenvalue weighted by molar-refractivity contribution is 6.25. The molecule has 6 nitrogen and oxygen atoms in total. The van der Waals surface area contributed by atoms with Gasteiger partial charge in [-0.1, -0.05) is 38.5 Å². The number of ether oxygens (including phenoxy) is 1. The van der Waals surface area contributed by atoms with E-state index in [0.717, 1.165) is 22.4 Å². The number of carbonyl (C=O) groups excluding carboxylic acids is 3. The number of benzene rings is 2. The fourth-order valence-corrected chi connectivity index (χ4v) is 5.69. The van der Waals surface area contributed by atoms with Crippen LogP contribution in [0.5, 0.6) is 5.75 Å². The number of Topliss-reactive ketones (excluding diaryl/α,β-unsaturated/α-hetero) is 1. The molecule has 2 saturated heterocycles. The molecule has 2 amide bonds. The molecule has 3 aliphatic heterocycles. The van der Waals surface area contributed by atoms with Gasteiger partial charge in [-0.15, -0.1) is 0 Å². The maximum absolute atomic E-state index is 13.9. The summed E-state index contributed by atoms with van der Waals surface area (Å²) >= 11 is 0. The van der Waals surface area contributed by atoms with Gasteiger partial charge in [-0.3, -0.25) is 14.4 Å². The summed E-state index contributed by atoms with van der Waals surface area (Å²) in [4.78, 5) is 44.8. The second-order valence-corrected chi connectivity index (χ2v) is 10.6. The van der Waals surface area contributed by atoms with E-state index in [4.69, 9.17) is 4.74 Å². The number of anilines is 2. The van der Waals surface area contributed by atoms with Gasteiger partial charge in [0, 0.05) is 16.7 Å². The zero-order chi connectivity index (χ0) is 24.5. The molecule has 0 bridgehead atoms. The quantitative estimate of drug-likeness (QED) is 0.638. The predicted octanol–water partition coefficient (Wildman–Crippen LogP) is 4.40. The first-order valence-electron chi connectivity index (χ1n) is 11.7. The van der Waals surface area contributed by atoms with E-state index >= 15 is 0 Å². The maximum atomic E-state index is 13.9. The Bertz CT molecular complexity index is 1240. The lowest BCUT2D eigenvalue weighted by molar-refractivity contribution is -0.132. The van der Waals surface area contributed by atoms with Crippen LogP contribution in [-0.4, -0.2) is 36.8 Å². The topological polar surface area (TPSA) is 66.9 Å². The van der Waals surface area contributed by atoms with Gasteiger partial charge < -0.3 is 9.64 Å². The summed E-state index contributed by atoms with van der Waals surface area (Å²) in [6.07, 6.45) is 2.07. The molecule has 0 N–H and O–H groups in total. The minimum Gasteiger partial charge on any atom is -0.497 e. The molecule has 0 aliphatic carbocycles. The minimum atomic E-state index is -0.734. The van der Waals surface area contributed by atoms with Crippen LogP contribution in [-0.2, 0) is 14.4 Å². The molecule has 0 radical (unpaired) electrons. The lowest BCUT2D eigenvalue weighted by Crippen LogP contribution is -2.51. The van der Waals surface area contributed by atoms with Gasteiger partial charge in [-0.05, 0) is 55.8 Å². The number of aryl methyl sites for hydroxylation is 1. The molecule has 34 heavy (non-hydrogen) atoms. The molecule has 0 spiro atoms. The molecule has 5 rings (SSSR count). The molecular formula is C28H30N2O4. The molecule has 2 aromatic carbocycles. The van der Waals surface area contributed by atoms with E-state index in [0.29, 0.717) is 11.4 Å². The number of nitrogens with zero attached hydrogens (tertiary/aromatic N) is 2. The summed E-state index contributed by atoms with van der Waals surface area (Å²) in [7, 11) is 1.57. The molecule has 3 heterocycles. The summed E-state index contributed by atoms with van der Waals surface area (Å²) in [5.74, 6) is -1.29. The van der Waals surface area contributed by atoms with Crippen LogP contribution in [0, 0.1) is 24.2 Å². The lowest BCUT2D eigenvalue weighted by atomic mass is 9.79. The Kier molecular flexibility index (Phi) is 4.97. The van der Waals surface area contributed by atoms with Crippen molar-refractivity contribution in [1.82, 2.24) is 0 Å². The third kappa shape index (κ3) is 3.11. The van der Waals surface area contributed by atoms with E-state index in [1.54, 1.807) is 31.4 Å². The predicted molar refractivity (Wildman–Crippen MR) is 132 cm³/mol. The normalized spacial score (nSPS) is 25.6. The summed E-state index contributed by atoms with van der Waals surface area (Å²) in [6, 6.07) is 12.0. The molecule has 0 saturated carbocycles. The number of ketones is 1. The van der Waals surface area contributed by atoms with E-state index in [1.807, 2.05) is 51.7 Å². The summed E-state index contributed by atoms with van der Waals surface area (Å²) in [5, 5.41) is 0. The Hall–Kier alpha value is -3.41. The van der Waals surface area contributed by atoms with Gasteiger partial charge in [0.1, 0.15) is 11.8 Å². The van der Waals surface area contributed by atoms with Crippen molar-refractivity contribution in [2.75, 3.05) is 16.9 Å². The van der Waals surface area contributed by atoms with Gasteiger partial charge in [0.2, 0.25) is 11.8 Å². The summed E-state index contributed by atoms with van der Waals surface area (Å²) in [6.45, 7) is 9.70. The number of hydrogen-bond acceptors (Lipinski definition) is 5. The fraction of sp³-hybridized carbons (Fsp3) is 0.393. The second kappa shape index (κ2) is 7.55. The van der Waals surface area contributed by atoms with Gasteiger partial charge in [-0.2, -0.15) is 0 Å². The number of imide groups is 1. The molecule has 2 fully saturated rings. The Morgan fingerprint density at radius 1 is 0.941 bits per heavy atom. The number of methoxy groups -OCH3 is 1. The van der Waals surface area contributed by atoms with Gasteiger partial charge in [0.15, 0.2) is 5.78 Å². The SMILES string of the molecule is COc1ccc(N2C(=O)[C@@H]3[C@H](C2=O)[C@@H](C(=O)C(C)(C)C)N2c4ccc(C)cc4C(C)=C[C@@H]32)cc1. The summed E-state index contributed by atoms with van der Waals surface area (Å²) < 4.78 is 5.22. The molecule has 0 unspecified atom stereocenters. The Labute approximate surface area is 200 Å². The van der Waals surface area contributed by atoms with Crippen LogP contribution in [0.25, 0.3) is 5.57 Å². The fourth-order valence-electron chi connectivity index (χ4n) is 5.69. The van der Waals surface area contributed by atoms with Crippen molar-refractivity contribution >= 4 is 34.5 Å². The molecule has 176 valence electrons. The Balaban J connectivity index is 1.66. The van der Waals surface area contributed by atoms with Crippen LogP contribution in [0.15, 0.2) is 48.5 Å². The number of fused-ring (bicyclic) bond motifs is 5. The van der Waals surface area contributed by atoms with Crippen LogP contribution in [0.4, 0.5) is 11.4 Å². The zero-order valence-corrected chi connectivity index (χ0v) is 20.5. The van der Waals surface area contributed by atoms with Crippen molar-refractivity contribution in [3.63, 3.8) is 0 Å². The average Bonchev–Trinajstić information content (AvgIpc) is 3.25. The van der Waals surface area contributed by atoms with Crippen molar-refractivity contribution in [2.24, 2.45) is 17.3 Å². The van der Waals surface area contributed by atoms with Crippen LogP contribution >= 0.6 is 0 Å². The third-order valence-corrected chi connectivity index (χ3v) is 7.34. The van der Waals surface area contributed by atoms with Crippen molar-refractivity contribution < 1.29 is 19.1 Å². The van der Waals surface area contributed by atoms with Crippen molar-refractivity contribution in [1.29, 1.82) is 0 Å². The molecule has 6 heteroatoms. The van der Waals surface area contributed by atoms with Gasteiger partial charge in [0.25, 0.3) is 0 Å². The second-order valence-electron chi connectivity index (χ2n) is 10.6. The lowest BCUT2D eigenvalue weighted by Gasteiger charge is -2.39. The van der Waals surface area contributed by atoms with Crippen molar-refractivity contribution in [2.45, 2.75) is 46.7 Å². The van der Waals surface area contributed by atoms with Crippen LogP contribution in [0.2, 0.25) is 0 Å². The Morgan fingerprint density at radius 2 is 1.59 bits per heavy atom. The van der Waals surface area contributed by atoms with Gasteiger partial charge in [0.05, 0.1) is 30.7 Å². The molecule has 4 atom stereocenters. The Morgan fingerprint density at radius 3 is 2.21 bits per heavy atom. The third-order valence-electron chi connectivity index (χ3n) is 7.34. The standard InChI is InChI=1S/C28H30N2O4/c1-15-7-12-20-19(13-15)16(2)14-21-22-23(24(30(20)21)25(31)28(3,4)5)27(33)29(26(22)32)17-8-10-18(34-6)11-9-17/h7-14,21-24H,1-6H3/t21-,22-,23-,24-/m0/s1. The minimum absolute atomic E-state index is 0.0257. The van der Waals surface area contributed by atoms with Crippen molar-refractivity contribution in [3.05, 3.63) is 59.7 Å². The summed E-state index contributed by atoms with van der Waals surface area (Å²) in [5.41, 5.74) is 4.00. The number of hydrogen-bond donors (Lipinski definition) is 0. The molecule has 0 aromatic heterocycles. The van der Waals surface area contributed by atoms with E-state index in [-0.39, 0.29) is 23.6 Å². The van der Waals surface area contributed by atoms with Crippen molar-refractivity contribution in [3.8, 4) is 5.75 Å². The average molecular weight is 459 g/mol. The van der Waals surface area contributed by atoms with E-state index in [1.165, 1.54) is 4.90 Å². The zero-order valence-electron chi connectivity index (χ0n) is 20.5. The largest absolute Gasteiger partial charge is 0.497 e. The smallest absolute Gasteiger partial charge is 0.240 e. The van der Waals surface area contributed by atoms with Gasteiger partial charge >= 0.3 is 0 Å². The highest BCUT2D eigenvalue weighted by Gasteiger charge is 2.65. The van der Waals surface area contributed by atoms with E-state index in [9.17, 15) is 14.4 Å². The van der Waals surface area contributed by atoms with Crippen LogP contribution < -0.4 is 14.5 Å². The first-order valence-corrected chi connectivity index (χ1v) is 11.7. The number of allylic oxidation sites excluding steroid dienone is 1. The first-order chi connectivity index (χ1) is 16.0. The molecular weight excluding hydrogens is 428 g/mol. The highest BCUT2D eigenvalue weighted by atomic mass is 16.5. The monoisotopic (exact) mass is 458 g/mol. The molecule has 2 aromatic rings. The van der Waals surface area contributed by atoms with Gasteiger partial charge in [-0.25, -0.2) is 4.90 Å². The number of amides is 2. The number of carbonyl (C=O) groups is 3. The molecule has 3 aliphatic rings. The number of rotatable bonds is 3. The van der Waals surface area contributed by atoms with Crippen LogP contribution in [0.1, 0.15) is 38.8 Å².